The Morgan fingerprint density at radius 1 is 1.18 bits per heavy atom. The molecule has 33 heavy (non-hydrogen) atoms. The monoisotopic (exact) mass is 446 g/mol. The van der Waals surface area contributed by atoms with E-state index < -0.39 is 5.82 Å². The van der Waals surface area contributed by atoms with Crippen LogP contribution in [0.15, 0.2) is 48.5 Å². The largest absolute Gasteiger partial charge is 0.344 e. The van der Waals surface area contributed by atoms with E-state index in [0.29, 0.717) is 18.1 Å². The van der Waals surface area contributed by atoms with Crippen molar-refractivity contribution in [2.24, 2.45) is 0 Å². The first-order chi connectivity index (χ1) is 16.0. The second-order valence-electron chi connectivity index (χ2n) is 8.05. The van der Waals surface area contributed by atoms with Gasteiger partial charge in [0.15, 0.2) is 5.82 Å². The third-order valence-corrected chi connectivity index (χ3v) is 5.83. The Bertz CT molecular complexity index is 1300. The van der Waals surface area contributed by atoms with Gasteiger partial charge in [0.2, 0.25) is 0 Å². The third kappa shape index (κ3) is 3.95. The number of anilines is 1. The van der Waals surface area contributed by atoms with Crippen LogP contribution in [0.5, 0.6) is 0 Å². The lowest BCUT2D eigenvalue weighted by Crippen LogP contribution is -2.35. The third-order valence-electron chi connectivity index (χ3n) is 5.83. The van der Waals surface area contributed by atoms with Crippen LogP contribution in [0, 0.1) is 19.7 Å². The molecule has 1 atom stereocenters. The molecule has 1 aliphatic heterocycles. The van der Waals surface area contributed by atoms with Crippen LogP contribution in [-0.4, -0.2) is 47.7 Å². The number of likely N-dealkylation sites (tertiary alicyclic amines) is 1. The zero-order valence-electron chi connectivity index (χ0n) is 18.3. The molecule has 0 radical (unpaired) electrons. The van der Waals surface area contributed by atoms with Gasteiger partial charge in [0.25, 0.3) is 0 Å². The van der Waals surface area contributed by atoms with Crippen molar-refractivity contribution in [3.63, 3.8) is 0 Å². The molecule has 2 amide bonds. The van der Waals surface area contributed by atoms with Crippen LogP contribution in [0.1, 0.15) is 36.2 Å². The van der Waals surface area contributed by atoms with Gasteiger partial charge in [0, 0.05) is 23.5 Å². The number of benzene rings is 2. The van der Waals surface area contributed by atoms with Crippen molar-refractivity contribution in [3.8, 4) is 16.9 Å². The molecule has 4 aromatic rings. The summed E-state index contributed by atoms with van der Waals surface area (Å²) >= 11 is 0. The summed E-state index contributed by atoms with van der Waals surface area (Å²) in [5.74, 6) is 0.726. The van der Waals surface area contributed by atoms with Crippen molar-refractivity contribution in [2.75, 3.05) is 11.9 Å². The second kappa shape index (κ2) is 8.45. The molecule has 1 saturated heterocycles. The van der Waals surface area contributed by atoms with E-state index in [2.05, 4.69) is 25.8 Å². The standard InChI is InChI=1S/C23H23FN8O/c1-14-21(16-7-4-3-5-8-16)27-22(25-14)19-9-6-12-31(19)23(33)26-17-10-11-18(24)20(13-17)32-15(2)28-29-30-32/h3-5,7-8,10-11,13,19H,6,9,12H2,1-2H3,(H,25,27)(H,26,33)/t19-/m0/s1. The molecule has 3 heterocycles. The number of nitrogens with one attached hydrogen (secondary N) is 2. The number of halogens is 1. The molecule has 9 nitrogen and oxygen atoms in total. The SMILES string of the molecule is Cc1[nH]c([C@@H]2CCCN2C(=O)Nc2ccc(F)c(-n3nnnc3C)c2)nc1-c1ccccc1. The Morgan fingerprint density at radius 2 is 2.00 bits per heavy atom. The van der Waals surface area contributed by atoms with Gasteiger partial charge in [-0.3, -0.25) is 0 Å². The number of carbonyl (C=O) groups is 1. The van der Waals surface area contributed by atoms with Crippen LogP contribution in [0.4, 0.5) is 14.9 Å². The maximum Gasteiger partial charge on any atom is 0.322 e. The fraction of sp³-hybridized carbons (Fsp3) is 0.261. The van der Waals surface area contributed by atoms with E-state index in [1.165, 1.54) is 22.9 Å². The molecular formula is C23H23FN8O. The molecule has 0 bridgehead atoms. The predicted octanol–water partition coefficient (Wildman–Crippen LogP) is 4.18. The minimum atomic E-state index is -0.484. The number of hydrogen-bond donors (Lipinski definition) is 2. The van der Waals surface area contributed by atoms with E-state index in [0.717, 1.165) is 35.6 Å². The highest BCUT2D eigenvalue weighted by Gasteiger charge is 2.33. The smallest absolute Gasteiger partial charge is 0.322 e. The van der Waals surface area contributed by atoms with E-state index in [4.69, 9.17) is 4.98 Å². The number of aryl methyl sites for hydroxylation is 2. The molecule has 0 unspecified atom stereocenters. The van der Waals surface area contributed by atoms with Gasteiger partial charge >= 0.3 is 6.03 Å². The second-order valence-corrected chi connectivity index (χ2v) is 8.05. The summed E-state index contributed by atoms with van der Waals surface area (Å²) in [7, 11) is 0. The first-order valence-electron chi connectivity index (χ1n) is 10.8. The molecule has 10 heteroatoms. The highest BCUT2D eigenvalue weighted by Crippen LogP contribution is 2.33. The van der Waals surface area contributed by atoms with Crippen LogP contribution >= 0.6 is 0 Å². The topological polar surface area (TPSA) is 105 Å². The number of tetrazole rings is 1. The summed E-state index contributed by atoms with van der Waals surface area (Å²) < 4.78 is 15.7. The predicted molar refractivity (Wildman–Crippen MR) is 120 cm³/mol. The first-order valence-corrected chi connectivity index (χ1v) is 10.8. The van der Waals surface area contributed by atoms with Crippen molar-refractivity contribution in [1.82, 2.24) is 35.1 Å². The minimum Gasteiger partial charge on any atom is -0.344 e. The molecule has 0 spiro atoms. The molecule has 5 rings (SSSR count). The van der Waals surface area contributed by atoms with E-state index >= 15 is 0 Å². The van der Waals surface area contributed by atoms with Crippen LogP contribution < -0.4 is 5.32 Å². The number of imidazole rings is 1. The molecule has 0 aliphatic carbocycles. The number of H-pyrrole nitrogens is 1. The Morgan fingerprint density at radius 3 is 2.76 bits per heavy atom. The average Bonchev–Trinajstić information content (AvgIpc) is 3.55. The highest BCUT2D eigenvalue weighted by molar-refractivity contribution is 5.90. The van der Waals surface area contributed by atoms with Gasteiger partial charge in [0.05, 0.1) is 11.7 Å². The summed E-state index contributed by atoms with van der Waals surface area (Å²) in [6, 6.07) is 13.9. The minimum absolute atomic E-state index is 0.164. The lowest BCUT2D eigenvalue weighted by atomic mass is 10.1. The molecular weight excluding hydrogens is 423 g/mol. The van der Waals surface area contributed by atoms with Crippen LogP contribution in [-0.2, 0) is 0 Å². The Kier molecular flexibility index (Phi) is 5.33. The Balaban J connectivity index is 1.37. The normalized spacial score (nSPS) is 15.7. The van der Waals surface area contributed by atoms with Crippen molar-refractivity contribution in [1.29, 1.82) is 0 Å². The zero-order chi connectivity index (χ0) is 22.9. The van der Waals surface area contributed by atoms with Crippen LogP contribution in [0.2, 0.25) is 0 Å². The van der Waals surface area contributed by atoms with Crippen molar-refractivity contribution in [3.05, 3.63) is 71.7 Å². The van der Waals surface area contributed by atoms with Crippen molar-refractivity contribution < 1.29 is 9.18 Å². The average molecular weight is 446 g/mol. The van der Waals surface area contributed by atoms with E-state index in [-0.39, 0.29) is 17.8 Å². The number of aromatic amines is 1. The number of aromatic nitrogens is 6. The fourth-order valence-corrected chi connectivity index (χ4v) is 4.21. The van der Waals surface area contributed by atoms with Gasteiger partial charge in [-0.25, -0.2) is 14.2 Å². The van der Waals surface area contributed by atoms with Crippen LogP contribution in [0.25, 0.3) is 16.9 Å². The summed E-state index contributed by atoms with van der Waals surface area (Å²) in [4.78, 5) is 23.1. The van der Waals surface area contributed by atoms with Crippen LogP contribution in [0.3, 0.4) is 0 Å². The maximum atomic E-state index is 14.4. The van der Waals surface area contributed by atoms with E-state index in [1.54, 1.807) is 11.8 Å². The number of urea groups is 1. The quantitative estimate of drug-likeness (QED) is 0.489. The lowest BCUT2D eigenvalue weighted by molar-refractivity contribution is 0.205. The molecule has 168 valence electrons. The summed E-state index contributed by atoms with van der Waals surface area (Å²) in [5.41, 5.74) is 3.50. The van der Waals surface area contributed by atoms with Crippen molar-refractivity contribution in [2.45, 2.75) is 32.7 Å². The summed E-state index contributed by atoms with van der Waals surface area (Å²) in [6.07, 6.45) is 1.68. The maximum absolute atomic E-state index is 14.4. The van der Waals surface area contributed by atoms with Gasteiger partial charge in [-0.15, -0.1) is 5.10 Å². The van der Waals surface area contributed by atoms with Crippen molar-refractivity contribution >= 4 is 11.7 Å². The van der Waals surface area contributed by atoms with E-state index in [1.807, 2.05) is 37.3 Å². The number of amides is 2. The molecule has 2 N–H and O–H groups in total. The Hall–Kier alpha value is -4.08. The number of carbonyl (C=O) groups excluding carboxylic acids is 1. The van der Waals surface area contributed by atoms with Gasteiger partial charge in [0.1, 0.15) is 17.3 Å². The first kappa shape index (κ1) is 20.8. The molecule has 2 aromatic carbocycles. The number of rotatable bonds is 4. The van der Waals surface area contributed by atoms with Gasteiger partial charge in [-0.05, 0) is 55.3 Å². The van der Waals surface area contributed by atoms with Gasteiger partial charge < -0.3 is 15.2 Å². The molecule has 1 aliphatic rings. The Labute approximate surface area is 189 Å². The fourth-order valence-electron chi connectivity index (χ4n) is 4.21. The molecule has 0 saturated carbocycles. The van der Waals surface area contributed by atoms with E-state index in [9.17, 15) is 9.18 Å². The number of hydrogen-bond acceptors (Lipinski definition) is 5. The van der Waals surface area contributed by atoms with Gasteiger partial charge in [-0.2, -0.15) is 4.68 Å². The number of nitrogens with zero attached hydrogens (tertiary/aromatic N) is 6. The zero-order valence-corrected chi connectivity index (χ0v) is 18.3. The summed E-state index contributed by atoms with van der Waals surface area (Å²) in [6.45, 7) is 4.27. The molecule has 1 fully saturated rings. The lowest BCUT2D eigenvalue weighted by Gasteiger charge is -2.23. The van der Waals surface area contributed by atoms with Gasteiger partial charge in [-0.1, -0.05) is 30.3 Å². The highest BCUT2D eigenvalue weighted by atomic mass is 19.1. The summed E-state index contributed by atoms with van der Waals surface area (Å²) in [5, 5.41) is 14.0. The molecule has 2 aromatic heterocycles.